The Balaban J connectivity index is 2.20. The van der Waals surface area contributed by atoms with Gasteiger partial charge in [0.2, 0.25) is 5.91 Å². The van der Waals surface area contributed by atoms with E-state index in [4.69, 9.17) is 0 Å². The van der Waals surface area contributed by atoms with Gasteiger partial charge in [-0.1, -0.05) is 37.4 Å². The number of fused-ring (bicyclic) bond motifs is 1. The molecule has 0 atom stereocenters. The summed E-state index contributed by atoms with van der Waals surface area (Å²) in [5.74, 6) is -0.353. The molecule has 0 aliphatic rings. The lowest BCUT2D eigenvalue weighted by Gasteiger charge is -2.13. The van der Waals surface area contributed by atoms with Crippen molar-refractivity contribution in [2.24, 2.45) is 0 Å². The van der Waals surface area contributed by atoms with E-state index in [9.17, 15) is 18.0 Å². The number of benzene rings is 2. The molecule has 1 amide bonds. The largest absolute Gasteiger partial charge is 0.416 e. The highest BCUT2D eigenvalue weighted by molar-refractivity contribution is 6.01. The molecule has 32 heavy (non-hydrogen) atoms. The number of anilines is 1. The Bertz CT molecular complexity index is 1260. The zero-order valence-electron chi connectivity index (χ0n) is 17.3. The van der Waals surface area contributed by atoms with Crippen molar-refractivity contribution in [2.75, 3.05) is 5.32 Å². The standard InChI is InChI=1S/C25H20F3N3O/c1-4-16(11-20(5-2)25(26,27)28)18-10-19-14-29-15-30-24(19)22(13-18)17-8-7-9-21(12-17)31-23(32)6-3/h4-15H,2-3H2,1H3,(H,31,32)/b16-4+,20-11+. The molecule has 1 aromatic heterocycles. The van der Waals surface area contributed by atoms with E-state index in [2.05, 4.69) is 28.4 Å². The Hall–Kier alpha value is -4.00. The molecule has 1 heterocycles. The van der Waals surface area contributed by atoms with Crippen molar-refractivity contribution in [3.63, 3.8) is 0 Å². The SMILES string of the molecule is C=CC(=O)Nc1cccc(-c2cc(C(=C/C)/C=C(\C=C)C(F)(F)F)cc3cncnc23)c1. The molecule has 3 aromatic rings. The fourth-order valence-electron chi connectivity index (χ4n) is 3.21. The van der Waals surface area contributed by atoms with E-state index in [0.29, 0.717) is 33.3 Å². The number of nitrogens with one attached hydrogen (secondary N) is 1. The Kier molecular flexibility index (Phi) is 6.68. The van der Waals surface area contributed by atoms with E-state index < -0.39 is 11.7 Å². The van der Waals surface area contributed by atoms with Gasteiger partial charge in [0.15, 0.2) is 0 Å². The number of halogens is 3. The van der Waals surface area contributed by atoms with E-state index in [1.54, 1.807) is 49.5 Å². The molecule has 0 bridgehead atoms. The molecule has 1 N–H and O–H groups in total. The quantitative estimate of drug-likeness (QED) is 0.355. The second kappa shape index (κ2) is 9.43. The van der Waals surface area contributed by atoms with Crippen LogP contribution in [-0.4, -0.2) is 22.1 Å². The molecule has 7 heteroatoms. The molecule has 0 saturated heterocycles. The molecule has 0 unspecified atom stereocenters. The van der Waals surface area contributed by atoms with E-state index in [0.717, 1.165) is 17.7 Å². The number of aromatic nitrogens is 2. The first-order valence-corrected chi connectivity index (χ1v) is 9.62. The first-order valence-electron chi connectivity index (χ1n) is 9.62. The zero-order chi connectivity index (χ0) is 23.3. The molecule has 4 nitrogen and oxygen atoms in total. The molecule has 0 aliphatic carbocycles. The first kappa shape index (κ1) is 22.7. The molecular weight excluding hydrogens is 415 g/mol. The molecular formula is C25H20F3N3O. The second-order valence-electron chi connectivity index (χ2n) is 6.80. The molecule has 2 aromatic carbocycles. The summed E-state index contributed by atoms with van der Waals surface area (Å²) in [6, 6.07) is 10.6. The third kappa shape index (κ3) is 5.00. The molecule has 0 fully saturated rings. The lowest BCUT2D eigenvalue weighted by Crippen LogP contribution is -2.09. The number of allylic oxidation sites excluding steroid dienone is 5. The van der Waals surface area contributed by atoms with Crippen LogP contribution in [0.4, 0.5) is 18.9 Å². The zero-order valence-corrected chi connectivity index (χ0v) is 17.3. The normalized spacial score (nSPS) is 12.5. The fraction of sp³-hybridized carbons (Fsp3) is 0.0800. The van der Waals surface area contributed by atoms with Crippen molar-refractivity contribution in [2.45, 2.75) is 13.1 Å². The minimum absolute atomic E-state index is 0.353. The lowest BCUT2D eigenvalue weighted by molar-refractivity contribution is -0.111. The van der Waals surface area contributed by atoms with Gasteiger partial charge in [-0.2, -0.15) is 13.2 Å². The molecule has 0 aliphatic heterocycles. The van der Waals surface area contributed by atoms with Crippen molar-refractivity contribution in [3.05, 3.63) is 97.5 Å². The van der Waals surface area contributed by atoms with Crippen molar-refractivity contribution < 1.29 is 18.0 Å². The van der Waals surface area contributed by atoms with Crippen LogP contribution in [0.25, 0.3) is 27.6 Å². The van der Waals surface area contributed by atoms with Crippen LogP contribution < -0.4 is 5.32 Å². The second-order valence-corrected chi connectivity index (χ2v) is 6.80. The minimum atomic E-state index is -4.52. The number of rotatable bonds is 6. The van der Waals surface area contributed by atoms with Gasteiger partial charge >= 0.3 is 6.18 Å². The van der Waals surface area contributed by atoms with E-state index >= 15 is 0 Å². The summed E-state index contributed by atoms with van der Waals surface area (Å²) in [5, 5.41) is 3.37. The van der Waals surface area contributed by atoms with Crippen LogP contribution in [0.1, 0.15) is 12.5 Å². The Labute approximate surface area is 183 Å². The predicted octanol–water partition coefficient (Wildman–Crippen LogP) is 6.50. The first-order chi connectivity index (χ1) is 15.3. The Morgan fingerprint density at radius 2 is 1.91 bits per heavy atom. The van der Waals surface area contributed by atoms with E-state index in [-0.39, 0.29) is 5.91 Å². The summed E-state index contributed by atoms with van der Waals surface area (Å²) < 4.78 is 39.8. The highest BCUT2D eigenvalue weighted by Crippen LogP contribution is 2.34. The maximum absolute atomic E-state index is 13.3. The molecule has 0 radical (unpaired) electrons. The van der Waals surface area contributed by atoms with E-state index in [1.807, 2.05) is 6.07 Å². The molecule has 162 valence electrons. The summed E-state index contributed by atoms with van der Waals surface area (Å²) in [4.78, 5) is 20.1. The summed E-state index contributed by atoms with van der Waals surface area (Å²) in [7, 11) is 0. The van der Waals surface area contributed by atoms with Crippen LogP contribution >= 0.6 is 0 Å². The van der Waals surface area contributed by atoms with Gasteiger partial charge in [0, 0.05) is 22.8 Å². The average Bonchev–Trinajstić information content (AvgIpc) is 2.78. The lowest BCUT2D eigenvalue weighted by atomic mass is 9.94. The molecule has 3 rings (SSSR count). The number of nitrogens with zero attached hydrogens (tertiary/aromatic N) is 2. The average molecular weight is 435 g/mol. The maximum Gasteiger partial charge on any atom is 0.416 e. The van der Waals surface area contributed by atoms with Gasteiger partial charge in [-0.3, -0.25) is 4.79 Å². The van der Waals surface area contributed by atoms with E-state index in [1.165, 1.54) is 12.4 Å². The van der Waals surface area contributed by atoms with Gasteiger partial charge in [-0.05, 0) is 60.0 Å². The van der Waals surface area contributed by atoms with Crippen molar-refractivity contribution >= 4 is 28.1 Å². The van der Waals surface area contributed by atoms with Gasteiger partial charge in [0.05, 0.1) is 11.1 Å². The van der Waals surface area contributed by atoms with Gasteiger partial charge in [0.25, 0.3) is 0 Å². The van der Waals surface area contributed by atoms with Crippen LogP contribution in [0, 0.1) is 0 Å². The molecule has 0 spiro atoms. The van der Waals surface area contributed by atoms with Crippen LogP contribution in [0.5, 0.6) is 0 Å². The number of hydrogen-bond donors (Lipinski definition) is 1. The summed E-state index contributed by atoms with van der Waals surface area (Å²) in [6.45, 7) is 8.39. The third-order valence-corrected chi connectivity index (χ3v) is 4.74. The van der Waals surface area contributed by atoms with Crippen molar-refractivity contribution in [1.29, 1.82) is 0 Å². The van der Waals surface area contributed by atoms with Crippen molar-refractivity contribution in [3.8, 4) is 11.1 Å². The number of carbonyl (C=O) groups is 1. The smallest absolute Gasteiger partial charge is 0.323 e. The topological polar surface area (TPSA) is 54.9 Å². The van der Waals surface area contributed by atoms with Crippen LogP contribution in [0.3, 0.4) is 0 Å². The number of amides is 1. The fourth-order valence-corrected chi connectivity index (χ4v) is 3.21. The highest BCUT2D eigenvalue weighted by atomic mass is 19.4. The monoisotopic (exact) mass is 435 g/mol. The predicted molar refractivity (Wildman–Crippen MR) is 122 cm³/mol. The summed E-state index contributed by atoms with van der Waals surface area (Å²) in [5.41, 5.74) is 2.71. The Morgan fingerprint density at radius 3 is 2.56 bits per heavy atom. The van der Waals surface area contributed by atoms with Crippen LogP contribution in [0.2, 0.25) is 0 Å². The van der Waals surface area contributed by atoms with Gasteiger partial charge in [0.1, 0.15) is 6.33 Å². The maximum atomic E-state index is 13.3. The summed E-state index contributed by atoms with van der Waals surface area (Å²) >= 11 is 0. The third-order valence-electron chi connectivity index (χ3n) is 4.74. The van der Waals surface area contributed by atoms with Gasteiger partial charge < -0.3 is 5.32 Å². The number of alkyl halides is 3. The van der Waals surface area contributed by atoms with Crippen LogP contribution in [0.15, 0.2) is 92.0 Å². The highest BCUT2D eigenvalue weighted by Gasteiger charge is 2.31. The Morgan fingerprint density at radius 1 is 1.12 bits per heavy atom. The molecule has 0 saturated carbocycles. The number of hydrogen-bond acceptors (Lipinski definition) is 3. The summed E-state index contributed by atoms with van der Waals surface area (Å²) in [6.07, 6.45) is 3.11. The minimum Gasteiger partial charge on any atom is -0.323 e. The van der Waals surface area contributed by atoms with Gasteiger partial charge in [-0.25, -0.2) is 9.97 Å². The van der Waals surface area contributed by atoms with Gasteiger partial charge in [-0.15, -0.1) is 0 Å². The van der Waals surface area contributed by atoms with Crippen LogP contribution in [-0.2, 0) is 4.79 Å². The number of carbonyl (C=O) groups excluding carboxylic acids is 1. The van der Waals surface area contributed by atoms with Crippen molar-refractivity contribution in [1.82, 2.24) is 9.97 Å².